The second-order valence-corrected chi connectivity index (χ2v) is 5.82. The van der Waals surface area contributed by atoms with Crippen LogP contribution in [0.15, 0.2) is 24.3 Å². The van der Waals surface area contributed by atoms with E-state index in [9.17, 15) is 0 Å². The average molecular weight is 312 g/mol. The first-order valence-electron chi connectivity index (χ1n) is 6.72. The van der Waals surface area contributed by atoms with Gasteiger partial charge in [-0.15, -0.1) is 0 Å². The van der Waals surface area contributed by atoms with Crippen molar-refractivity contribution in [3.05, 3.63) is 51.3 Å². The molecule has 1 heterocycles. The Morgan fingerprint density at radius 1 is 1.20 bits per heavy atom. The standard InChI is InChI=1S/C15H19Cl2N3/c1-3-20-13(6-10(2)19-20)9-12(18)7-11-4-5-14(16)15(17)8-11/h4-6,8,12H,3,7,9,18H2,1-2H3. The third-order valence-corrected chi connectivity index (χ3v) is 3.98. The zero-order valence-corrected chi connectivity index (χ0v) is 13.2. The third-order valence-electron chi connectivity index (χ3n) is 3.24. The van der Waals surface area contributed by atoms with Crippen LogP contribution in [0.2, 0.25) is 10.0 Å². The van der Waals surface area contributed by atoms with E-state index in [2.05, 4.69) is 18.1 Å². The van der Waals surface area contributed by atoms with Crippen LogP contribution in [-0.2, 0) is 19.4 Å². The summed E-state index contributed by atoms with van der Waals surface area (Å²) in [6, 6.07) is 7.79. The van der Waals surface area contributed by atoms with E-state index >= 15 is 0 Å². The topological polar surface area (TPSA) is 43.8 Å². The Bertz CT molecular complexity index is 593. The molecule has 20 heavy (non-hydrogen) atoms. The van der Waals surface area contributed by atoms with E-state index in [1.165, 1.54) is 5.69 Å². The van der Waals surface area contributed by atoms with Crippen molar-refractivity contribution < 1.29 is 0 Å². The van der Waals surface area contributed by atoms with Crippen LogP contribution in [0.25, 0.3) is 0 Å². The smallest absolute Gasteiger partial charge is 0.0596 e. The van der Waals surface area contributed by atoms with Gasteiger partial charge in [-0.2, -0.15) is 5.10 Å². The van der Waals surface area contributed by atoms with Crippen molar-refractivity contribution in [2.45, 2.75) is 39.3 Å². The molecule has 0 aliphatic carbocycles. The fourth-order valence-corrected chi connectivity index (χ4v) is 2.67. The van der Waals surface area contributed by atoms with Gasteiger partial charge >= 0.3 is 0 Å². The molecule has 0 radical (unpaired) electrons. The lowest BCUT2D eigenvalue weighted by Crippen LogP contribution is -2.26. The summed E-state index contributed by atoms with van der Waals surface area (Å²) in [5, 5.41) is 5.59. The number of hydrogen-bond acceptors (Lipinski definition) is 2. The summed E-state index contributed by atoms with van der Waals surface area (Å²) in [7, 11) is 0. The molecule has 0 fully saturated rings. The van der Waals surface area contributed by atoms with Crippen molar-refractivity contribution in [1.29, 1.82) is 0 Å². The maximum absolute atomic E-state index is 6.24. The molecule has 2 rings (SSSR count). The van der Waals surface area contributed by atoms with E-state index < -0.39 is 0 Å². The van der Waals surface area contributed by atoms with Crippen molar-refractivity contribution >= 4 is 23.2 Å². The van der Waals surface area contributed by atoms with Crippen LogP contribution in [0.5, 0.6) is 0 Å². The number of nitrogens with zero attached hydrogens (tertiary/aromatic N) is 2. The first-order chi connectivity index (χ1) is 9.49. The van der Waals surface area contributed by atoms with Crippen LogP contribution >= 0.6 is 23.2 Å². The molecule has 0 saturated heterocycles. The van der Waals surface area contributed by atoms with Crippen LogP contribution in [0.3, 0.4) is 0 Å². The van der Waals surface area contributed by atoms with E-state index in [0.29, 0.717) is 10.0 Å². The van der Waals surface area contributed by atoms with Gasteiger partial charge in [0.2, 0.25) is 0 Å². The van der Waals surface area contributed by atoms with E-state index in [1.54, 1.807) is 0 Å². The number of benzene rings is 1. The molecule has 0 spiro atoms. The maximum Gasteiger partial charge on any atom is 0.0596 e. The maximum atomic E-state index is 6.24. The van der Waals surface area contributed by atoms with Gasteiger partial charge in [0.1, 0.15) is 0 Å². The summed E-state index contributed by atoms with van der Waals surface area (Å²) in [4.78, 5) is 0. The van der Waals surface area contributed by atoms with Crippen LogP contribution < -0.4 is 5.73 Å². The molecule has 0 saturated carbocycles. The van der Waals surface area contributed by atoms with Crippen LogP contribution in [0, 0.1) is 6.92 Å². The lowest BCUT2D eigenvalue weighted by Gasteiger charge is -2.13. The summed E-state index contributed by atoms with van der Waals surface area (Å²) in [5.41, 5.74) is 9.55. The minimum absolute atomic E-state index is 0.0358. The molecule has 0 amide bonds. The van der Waals surface area contributed by atoms with Crippen molar-refractivity contribution in [2.24, 2.45) is 5.73 Å². The average Bonchev–Trinajstić information content (AvgIpc) is 2.74. The van der Waals surface area contributed by atoms with E-state index in [-0.39, 0.29) is 6.04 Å². The first-order valence-corrected chi connectivity index (χ1v) is 7.48. The van der Waals surface area contributed by atoms with Crippen molar-refractivity contribution in [2.75, 3.05) is 0 Å². The van der Waals surface area contributed by atoms with Gasteiger partial charge in [0.25, 0.3) is 0 Å². The monoisotopic (exact) mass is 311 g/mol. The summed E-state index contributed by atoms with van der Waals surface area (Å²) in [6.45, 7) is 4.95. The molecule has 2 aromatic rings. The highest BCUT2D eigenvalue weighted by atomic mass is 35.5. The van der Waals surface area contributed by atoms with Gasteiger partial charge in [0.05, 0.1) is 15.7 Å². The minimum Gasteiger partial charge on any atom is -0.327 e. The Balaban J connectivity index is 2.04. The van der Waals surface area contributed by atoms with E-state index in [4.69, 9.17) is 28.9 Å². The number of hydrogen-bond donors (Lipinski definition) is 1. The summed E-state index contributed by atoms with van der Waals surface area (Å²) < 4.78 is 2.00. The fraction of sp³-hybridized carbons (Fsp3) is 0.400. The summed E-state index contributed by atoms with van der Waals surface area (Å²) in [6.07, 6.45) is 1.57. The number of rotatable bonds is 5. The minimum atomic E-state index is 0.0358. The molecule has 1 aromatic carbocycles. The van der Waals surface area contributed by atoms with Gasteiger partial charge in [-0.05, 0) is 44.0 Å². The Morgan fingerprint density at radius 3 is 2.60 bits per heavy atom. The Hall–Kier alpha value is -1.03. The zero-order chi connectivity index (χ0) is 14.7. The van der Waals surface area contributed by atoms with Crippen molar-refractivity contribution in [1.82, 2.24) is 9.78 Å². The second-order valence-electron chi connectivity index (χ2n) is 5.01. The SMILES string of the molecule is CCn1nc(C)cc1CC(N)Cc1ccc(Cl)c(Cl)c1. The van der Waals surface area contributed by atoms with Crippen LogP contribution in [0.4, 0.5) is 0 Å². The fourth-order valence-electron chi connectivity index (χ4n) is 2.35. The van der Waals surface area contributed by atoms with Gasteiger partial charge in [0.15, 0.2) is 0 Å². The van der Waals surface area contributed by atoms with Gasteiger partial charge < -0.3 is 5.73 Å². The Kier molecular flexibility index (Phi) is 5.08. The number of aromatic nitrogens is 2. The lowest BCUT2D eigenvalue weighted by atomic mass is 10.0. The molecule has 2 N–H and O–H groups in total. The first kappa shape index (κ1) is 15.4. The highest BCUT2D eigenvalue weighted by Crippen LogP contribution is 2.23. The molecular formula is C15H19Cl2N3. The summed E-state index contributed by atoms with van der Waals surface area (Å²) >= 11 is 11.9. The van der Waals surface area contributed by atoms with Crippen LogP contribution in [-0.4, -0.2) is 15.8 Å². The second kappa shape index (κ2) is 6.61. The molecule has 1 aromatic heterocycles. The molecule has 3 nitrogen and oxygen atoms in total. The summed E-state index contributed by atoms with van der Waals surface area (Å²) in [5.74, 6) is 0. The Labute approximate surface area is 129 Å². The van der Waals surface area contributed by atoms with Gasteiger partial charge in [-0.1, -0.05) is 29.3 Å². The molecule has 1 atom stereocenters. The molecule has 5 heteroatoms. The highest BCUT2D eigenvalue weighted by molar-refractivity contribution is 6.42. The van der Waals surface area contributed by atoms with Crippen molar-refractivity contribution in [3.8, 4) is 0 Å². The lowest BCUT2D eigenvalue weighted by molar-refractivity contribution is 0.574. The third kappa shape index (κ3) is 3.75. The molecule has 0 aliphatic heterocycles. The van der Waals surface area contributed by atoms with Gasteiger partial charge in [-0.3, -0.25) is 4.68 Å². The van der Waals surface area contributed by atoms with E-state index in [1.807, 2.05) is 29.8 Å². The molecule has 0 bridgehead atoms. The van der Waals surface area contributed by atoms with E-state index in [0.717, 1.165) is 30.6 Å². The largest absolute Gasteiger partial charge is 0.327 e. The number of halogens is 2. The molecule has 1 unspecified atom stereocenters. The molecule has 108 valence electrons. The number of aryl methyl sites for hydroxylation is 2. The van der Waals surface area contributed by atoms with Gasteiger partial charge in [0, 0.05) is 24.7 Å². The molecule has 0 aliphatic rings. The molecular weight excluding hydrogens is 293 g/mol. The highest BCUT2D eigenvalue weighted by Gasteiger charge is 2.11. The van der Waals surface area contributed by atoms with Crippen molar-refractivity contribution in [3.63, 3.8) is 0 Å². The Morgan fingerprint density at radius 2 is 1.95 bits per heavy atom. The normalized spacial score (nSPS) is 12.7. The predicted molar refractivity (Wildman–Crippen MR) is 84.5 cm³/mol. The predicted octanol–water partition coefficient (Wildman–Crippen LogP) is 3.63. The number of nitrogens with two attached hydrogens (primary N) is 1. The van der Waals surface area contributed by atoms with Gasteiger partial charge in [-0.25, -0.2) is 0 Å². The zero-order valence-electron chi connectivity index (χ0n) is 11.7. The quantitative estimate of drug-likeness (QED) is 0.916. The van der Waals surface area contributed by atoms with Crippen LogP contribution in [0.1, 0.15) is 23.9 Å².